The van der Waals surface area contributed by atoms with Crippen molar-refractivity contribution >= 4 is 34.3 Å². The third-order valence-electron chi connectivity index (χ3n) is 2.99. The normalized spacial score (nSPS) is 12.2. The second-order valence-electron chi connectivity index (χ2n) is 4.91. The third kappa shape index (κ3) is 4.18. The molecule has 0 bridgehead atoms. The lowest BCUT2D eigenvalue weighted by Gasteiger charge is -2.07. The van der Waals surface area contributed by atoms with Gasteiger partial charge in [-0.1, -0.05) is 13.8 Å². The predicted molar refractivity (Wildman–Crippen MR) is 92.0 cm³/mol. The average molecular weight is 334 g/mol. The van der Waals surface area contributed by atoms with Gasteiger partial charge in [0.25, 0.3) is 5.91 Å². The lowest BCUT2D eigenvalue weighted by molar-refractivity contribution is 0.102. The number of nitrogens with zero attached hydrogens (tertiary/aromatic N) is 1. The Labute approximate surface area is 137 Å². The van der Waals surface area contributed by atoms with E-state index in [1.165, 1.54) is 0 Å². The summed E-state index contributed by atoms with van der Waals surface area (Å²) in [6.07, 6.45) is 3.69. The summed E-state index contributed by atoms with van der Waals surface area (Å²) in [6, 6.07) is 10.5. The molecular weight excluding hydrogens is 316 g/mol. The topological polar surface area (TPSA) is 59.1 Å². The van der Waals surface area contributed by atoms with Gasteiger partial charge in [-0.15, -0.1) is 11.8 Å². The molecule has 0 aliphatic heterocycles. The van der Waals surface area contributed by atoms with E-state index in [1.54, 1.807) is 48.3 Å². The van der Waals surface area contributed by atoms with Gasteiger partial charge in [-0.25, -0.2) is 4.98 Å². The van der Waals surface area contributed by atoms with Gasteiger partial charge in [0.1, 0.15) is 5.82 Å². The van der Waals surface area contributed by atoms with Crippen molar-refractivity contribution in [1.82, 2.24) is 4.98 Å². The molecule has 1 unspecified atom stereocenters. The molecule has 1 N–H and O–H groups in total. The molecule has 0 aliphatic carbocycles. The van der Waals surface area contributed by atoms with Gasteiger partial charge in [0, 0.05) is 26.8 Å². The highest BCUT2D eigenvalue weighted by molar-refractivity contribution is 7.98. The van der Waals surface area contributed by atoms with Crippen LogP contribution in [0.3, 0.4) is 0 Å². The Kier molecular flexibility index (Phi) is 5.74. The van der Waals surface area contributed by atoms with E-state index >= 15 is 0 Å². The number of thioether (sulfide) groups is 1. The zero-order valence-corrected chi connectivity index (χ0v) is 14.3. The zero-order valence-electron chi connectivity index (χ0n) is 12.7. The van der Waals surface area contributed by atoms with Crippen molar-refractivity contribution in [2.75, 3.05) is 11.6 Å². The lowest BCUT2D eigenvalue weighted by atomic mass is 10.2. The molecule has 0 radical (unpaired) electrons. The number of pyridine rings is 1. The molecule has 0 saturated carbocycles. The minimum Gasteiger partial charge on any atom is -0.307 e. The van der Waals surface area contributed by atoms with Crippen LogP contribution >= 0.6 is 11.8 Å². The van der Waals surface area contributed by atoms with Crippen LogP contribution in [0.25, 0.3) is 0 Å². The SMILES string of the molecule is CSc1ccc(NC(=O)c2ccc(S(=O)C(C)C)cc2)nc1. The van der Waals surface area contributed by atoms with Crippen LogP contribution in [0.4, 0.5) is 5.82 Å². The molecule has 0 aliphatic rings. The number of anilines is 1. The Morgan fingerprint density at radius 1 is 1.18 bits per heavy atom. The molecular formula is C16H18N2O2S2. The van der Waals surface area contributed by atoms with Crippen molar-refractivity contribution in [3.05, 3.63) is 48.2 Å². The van der Waals surface area contributed by atoms with E-state index < -0.39 is 10.8 Å². The number of nitrogens with one attached hydrogen (secondary N) is 1. The quantitative estimate of drug-likeness (QED) is 0.849. The maximum Gasteiger partial charge on any atom is 0.256 e. The van der Waals surface area contributed by atoms with E-state index in [9.17, 15) is 9.00 Å². The fraction of sp³-hybridized carbons (Fsp3) is 0.250. The monoisotopic (exact) mass is 334 g/mol. The first kappa shape index (κ1) is 16.7. The van der Waals surface area contributed by atoms with Gasteiger partial charge in [-0.2, -0.15) is 0 Å². The molecule has 0 spiro atoms. The Morgan fingerprint density at radius 3 is 2.36 bits per heavy atom. The van der Waals surface area contributed by atoms with Crippen molar-refractivity contribution in [2.45, 2.75) is 28.9 Å². The molecule has 2 aromatic rings. The summed E-state index contributed by atoms with van der Waals surface area (Å²) in [4.78, 5) is 18.1. The summed E-state index contributed by atoms with van der Waals surface area (Å²) in [6.45, 7) is 3.81. The Hall–Kier alpha value is -1.66. The summed E-state index contributed by atoms with van der Waals surface area (Å²) < 4.78 is 12.0. The molecule has 1 atom stereocenters. The molecule has 0 saturated heterocycles. The fourth-order valence-corrected chi connectivity index (χ4v) is 3.09. The molecule has 1 aromatic carbocycles. The van der Waals surface area contributed by atoms with E-state index in [4.69, 9.17) is 0 Å². The first-order valence-corrected chi connectivity index (χ1v) is 9.27. The number of amides is 1. The summed E-state index contributed by atoms with van der Waals surface area (Å²) in [7, 11) is -1.04. The van der Waals surface area contributed by atoms with Crippen LogP contribution < -0.4 is 5.32 Å². The molecule has 22 heavy (non-hydrogen) atoms. The van der Waals surface area contributed by atoms with Crippen LogP contribution in [-0.2, 0) is 10.8 Å². The van der Waals surface area contributed by atoms with Gasteiger partial charge in [0.05, 0.1) is 10.8 Å². The highest BCUT2D eigenvalue weighted by atomic mass is 32.2. The number of carbonyl (C=O) groups excluding carboxylic acids is 1. The van der Waals surface area contributed by atoms with Crippen LogP contribution in [0.1, 0.15) is 24.2 Å². The number of hydrogen-bond acceptors (Lipinski definition) is 4. The maximum atomic E-state index is 12.2. The van der Waals surface area contributed by atoms with Crippen molar-refractivity contribution in [1.29, 1.82) is 0 Å². The number of hydrogen-bond donors (Lipinski definition) is 1. The van der Waals surface area contributed by atoms with E-state index in [-0.39, 0.29) is 11.2 Å². The third-order valence-corrected chi connectivity index (χ3v) is 5.30. The first-order chi connectivity index (χ1) is 10.5. The average Bonchev–Trinajstić information content (AvgIpc) is 2.55. The highest BCUT2D eigenvalue weighted by Gasteiger charge is 2.11. The molecule has 1 amide bonds. The zero-order chi connectivity index (χ0) is 16.1. The summed E-state index contributed by atoms with van der Waals surface area (Å²) in [5.74, 6) is 0.281. The molecule has 1 heterocycles. The molecule has 4 nitrogen and oxygen atoms in total. The summed E-state index contributed by atoms with van der Waals surface area (Å²) in [5, 5.41) is 2.80. The number of aromatic nitrogens is 1. The smallest absolute Gasteiger partial charge is 0.256 e. The lowest BCUT2D eigenvalue weighted by Crippen LogP contribution is -2.13. The maximum absolute atomic E-state index is 12.2. The van der Waals surface area contributed by atoms with Gasteiger partial charge < -0.3 is 5.32 Å². The molecule has 0 fully saturated rings. The Morgan fingerprint density at radius 2 is 1.86 bits per heavy atom. The summed E-state index contributed by atoms with van der Waals surface area (Å²) >= 11 is 1.60. The van der Waals surface area contributed by atoms with Gasteiger partial charge >= 0.3 is 0 Å². The fourth-order valence-electron chi connectivity index (χ4n) is 1.78. The van der Waals surface area contributed by atoms with Crippen molar-refractivity contribution in [2.24, 2.45) is 0 Å². The molecule has 116 valence electrons. The first-order valence-electron chi connectivity index (χ1n) is 6.83. The summed E-state index contributed by atoms with van der Waals surface area (Å²) in [5.41, 5.74) is 0.514. The minimum absolute atomic E-state index is 0.0545. The van der Waals surface area contributed by atoms with Crippen molar-refractivity contribution < 1.29 is 9.00 Å². The highest BCUT2D eigenvalue weighted by Crippen LogP contribution is 2.16. The van der Waals surface area contributed by atoms with Crippen molar-refractivity contribution in [3.63, 3.8) is 0 Å². The largest absolute Gasteiger partial charge is 0.307 e. The Balaban J connectivity index is 2.07. The molecule has 6 heteroatoms. The minimum atomic E-state index is -1.04. The number of carbonyl (C=O) groups is 1. The van der Waals surface area contributed by atoms with Crippen LogP contribution in [0.15, 0.2) is 52.4 Å². The predicted octanol–water partition coefficient (Wildman–Crippen LogP) is 3.57. The van der Waals surface area contributed by atoms with Crippen LogP contribution in [0.5, 0.6) is 0 Å². The standard InChI is InChI=1S/C16H18N2O2S2/c1-11(2)22(20)14-7-4-12(5-8-14)16(19)18-15-9-6-13(21-3)10-17-15/h4-11H,1-3H3,(H,17,18,19). The second-order valence-corrected chi connectivity index (χ2v) is 7.80. The van der Waals surface area contributed by atoms with Crippen LogP contribution in [-0.4, -0.2) is 26.6 Å². The van der Waals surface area contributed by atoms with Gasteiger partial charge in [-0.05, 0) is 42.7 Å². The van der Waals surface area contributed by atoms with Gasteiger partial charge in [0.2, 0.25) is 0 Å². The van der Waals surface area contributed by atoms with E-state index in [0.29, 0.717) is 11.4 Å². The van der Waals surface area contributed by atoms with E-state index in [2.05, 4.69) is 10.3 Å². The Bertz CT molecular complexity index is 668. The number of rotatable bonds is 5. The molecule has 1 aromatic heterocycles. The van der Waals surface area contributed by atoms with Crippen LogP contribution in [0.2, 0.25) is 0 Å². The molecule has 2 rings (SSSR count). The van der Waals surface area contributed by atoms with Gasteiger partial charge in [-0.3, -0.25) is 9.00 Å². The van der Waals surface area contributed by atoms with Crippen LogP contribution in [0, 0.1) is 0 Å². The van der Waals surface area contributed by atoms with E-state index in [1.807, 2.05) is 26.2 Å². The van der Waals surface area contributed by atoms with Crippen molar-refractivity contribution in [3.8, 4) is 0 Å². The van der Waals surface area contributed by atoms with Gasteiger partial charge in [0.15, 0.2) is 0 Å². The second kappa shape index (κ2) is 7.56. The number of benzene rings is 1. The van der Waals surface area contributed by atoms with E-state index in [0.717, 1.165) is 9.79 Å².